The highest BCUT2D eigenvalue weighted by molar-refractivity contribution is 5.36. The number of ether oxygens (including phenoxy) is 1. The van der Waals surface area contributed by atoms with Gasteiger partial charge in [0.05, 0.1) is 0 Å². The third-order valence-electron chi connectivity index (χ3n) is 3.94. The fourth-order valence-electron chi connectivity index (χ4n) is 1.93. The summed E-state index contributed by atoms with van der Waals surface area (Å²) in [6, 6.07) is 2.12. The maximum absolute atomic E-state index is 6.06. The van der Waals surface area contributed by atoms with Crippen molar-refractivity contribution in [2.75, 3.05) is 27.2 Å². The van der Waals surface area contributed by atoms with Gasteiger partial charge in [0.1, 0.15) is 6.61 Å². The molecule has 0 fully saturated rings. The molecule has 21 heavy (non-hydrogen) atoms. The van der Waals surface area contributed by atoms with Crippen LogP contribution in [0.1, 0.15) is 44.0 Å². The third kappa shape index (κ3) is 5.29. The number of nitrogens with zero attached hydrogens (tertiary/aromatic N) is 2. The molecule has 0 aliphatic heterocycles. The first kappa shape index (κ1) is 17.9. The minimum absolute atomic E-state index is 0.0204. The normalized spacial score (nSPS) is 12.0. The van der Waals surface area contributed by atoms with E-state index >= 15 is 0 Å². The van der Waals surface area contributed by atoms with Gasteiger partial charge in [-0.3, -0.25) is 0 Å². The molecule has 1 aromatic heterocycles. The van der Waals surface area contributed by atoms with Gasteiger partial charge in [0.15, 0.2) is 0 Å². The van der Waals surface area contributed by atoms with Gasteiger partial charge >= 0.3 is 0 Å². The van der Waals surface area contributed by atoms with Crippen molar-refractivity contribution in [3.05, 3.63) is 22.9 Å². The van der Waals surface area contributed by atoms with E-state index in [1.54, 1.807) is 0 Å². The molecular formula is C17H31N3O. The summed E-state index contributed by atoms with van der Waals surface area (Å²) in [5, 5.41) is 3.44. The van der Waals surface area contributed by atoms with Gasteiger partial charge in [0, 0.05) is 23.3 Å². The van der Waals surface area contributed by atoms with Crippen LogP contribution in [-0.4, -0.2) is 42.7 Å². The van der Waals surface area contributed by atoms with Crippen molar-refractivity contribution < 1.29 is 4.74 Å². The molecule has 0 atom stereocenters. The predicted molar refractivity (Wildman–Crippen MR) is 89.0 cm³/mol. The van der Waals surface area contributed by atoms with Crippen LogP contribution < -0.4 is 10.1 Å². The molecular weight excluding hydrogens is 262 g/mol. The lowest BCUT2D eigenvalue weighted by atomic mass is 10.1. The second-order valence-corrected chi connectivity index (χ2v) is 6.54. The monoisotopic (exact) mass is 293 g/mol. The Labute approximate surface area is 129 Å². The quantitative estimate of drug-likeness (QED) is 0.748. The van der Waals surface area contributed by atoms with Crippen molar-refractivity contribution in [1.29, 1.82) is 0 Å². The molecule has 0 saturated carbocycles. The standard InChI is InChI=1S/C17H31N3O/c1-8-9-18-11-15-13(2)10-14(3)19-16(15)21-12-17(4,5)20(6)7/h10,18H,8-9,11-12H2,1-7H3. The van der Waals surface area contributed by atoms with E-state index in [1.807, 2.05) is 6.92 Å². The Morgan fingerprint density at radius 1 is 1.29 bits per heavy atom. The van der Waals surface area contributed by atoms with Crippen LogP contribution in [-0.2, 0) is 6.54 Å². The van der Waals surface area contributed by atoms with E-state index < -0.39 is 0 Å². The average Bonchev–Trinajstić information content (AvgIpc) is 2.39. The third-order valence-corrected chi connectivity index (χ3v) is 3.94. The zero-order valence-corrected chi connectivity index (χ0v) is 14.7. The Hall–Kier alpha value is -1.13. The molecule has 4 heteroatoms. The Kier molecular flexibility index (Phi) is 6.62. The van der Waals surface area contributed by atoms with Crippen LogP contribution in [0.5, 0.6) is 5.88 Å². The summed E-state index contributed by atoms with van der Waals surface area (Å²) in [4.78, 5) is 6.77. The molecule has 0 aliphatic rings. The summed E-state index contributed by atoms with van der Waals surface area (Å²) < 4.78 is 6.06. The Morgan fingerprint density at radius 2 is 1.95 bits per heavy atom. The highest BCUT2D eigenvalue weighted by Gasteiger charge is 2.22. The summed E-state index contributed by atoms with van der Waals surface area (Å²) in [7, 11) is 4.14. The first-order valence-corrected chi connectivity index (χ1v) is 7.76. The first-order valence-electron chi connectivity index (χ1n) is 7.76. The van der Waals surface area contributed by atoms with Crippen LogP contribution in [0.3, 0.4) is 0 Å². The van der Waals surface area contributed by atoms with E-state index in [-0.39, 0.29) is 5.54 Å². The van der Waals surface area contributed by atoms with Crippen molar-refractivity contribution in [3.63, 3.8) is 0 Å². The predicted octanol–water partition coefficient (Wildman–Crippen LogP) is 2.92. The number of aromatic nitrogens is 1. The maximum Gasteiger partial charge on any atom is 0.218 e. The molecule has 0 aliphatic carbocycles. The minimum atomic E-state index is -0.0204. The van der Waals surface area contributed by atoms with E-state index in [4.69, 9.17) is 4.74 Å². The van der Waals surface area contributed by atoms with Crippen LogP contribution in [0.15, 0.2) is 6.07 Å². The fraction of sp³-hybridized carbons (Fsp3) is 0.706. The number of hydrogen-bond donors (Lipinski definition) is 1. The van der Waals surface area contributed by atoms with Crippen molar-refractivity contribution in [2.24, 2.45) is 0 Å². The van der Waals surface area contributed by atoms with Crippen LogP contribution in [0.2, 0.25) is 0 Å². The molecule has 0 spiro atoms. The van der Waals surface area contributed by atoms with Gasteiger partial charge in [-0.15, -0.1) is 0 Å². The van der Waals surface area contributed by atoms with Crippen molar-refractivity contribution in [1.82, 2.24) is 15.2 Å². The molecule has 0 aromatic carbocycles. The lowest BCUT2D eigenvalue weighted by Crippen LogP contribution is -2.43. The van der Waals surface area contributed by atoms with Gasteiger partial charge in [0.2, 0.25) is 5.88 Å². The van der Waals surface area contributed by atoms with Gasteiger partial charge in [-0.25, -0.2) is 4.98 Å². The van der Waals surface area contributed by atoms with Crippen molar-refractivity contribution in [3.8, 4) is 5.88 Å². The van der Waals surface area contributed by atoms with Gasteiger partial charge in [-0.1, -0.05) is 6.92 Å². The number of rotatable bonds is 8. The molecule has 0 unspecified atom stereocenters. The molecule has 0 saturated heterocycles. The SMILES string of the molecule is CCCNCc1c(C)cc(C)nc1OCC(C)(C)N(C)C. The summed E-state index contributed by atoms with van der Waals surface area (Å²) in [5.74, 6) is 0.769. The second kappa shape index (κ2) is 7.76. The van der Waals surface area contributed by atoms with Crippen LogP contribution in [0, 0.1) is 13.8 Å². The van der Waals surface area contributed by atoms with Gasteiger partial charge in [-0.2, -0.15) is 0 Å². The number of likely N-dealkylation sites (N-methyl/N-ethyl adjacent to an activating group) is 1. The molecule has 0 bridgehead atoms. The molecule has 4 nitrogen and oxygen atoms in total. The largest absolute Gasteiger partial charge is 0.475 e. The summed E-state index contributed by atoms with van der Waals surface area (Å²) >= 11 is 0. The number of pyridine rings is 1. The summed E-state index contributed by atoms with van der Waals surface area (Å²) in [6.45, 7) is 13.1. The van der Waals surface area contributed by atoms with Gasteiger partial charge in [0.25, 0.3) is 0 Å². The molecule has 0 amide bonds. The average molecular weight is 293 g/mol. The molecule has 120 valence electrons. The summed E-state index contributed by atoms with van der Waals surface area (Å²) in [5.41, 5.74) is 3.39. The minimum Gasteiger partial charge on any atom is -0.475 e. The molecule has 0 radical (unpaired) electrons. The first-order chi connectivity index (χ1) is 9.77. The smallest absolute Gasteiger partial charge is 0.218 e. The lowest BCUT2D eigenvalue weighted by molar-refractivity contribution is 0.110. The zero-order chi connectivity index (χ0) is 16.0. The molecule has 1 heterocycles. The van der Waals surface area contributed by atoms with E-state index in [1.165, 1.54) is 11.1 Å². The summed E-state index contributed by atoms with van der Waals surface area (Å²) in [6.07, 6.45) is 1.13. The van der Waals surface area contributed by atoms with E-state index in [0.717, 1.165) is 31.1 Å². The van der Waals surface area contributed by atoms with E-state index in [2.05, 4.69) is 63.1 Å². The highest BCUT2D eigenvalue weighted by Crippen LogP contribution is 2.22. The maximum atomic E-state index is 6.06. The number of aryl methyl sites for hydroxylation is 2. The Morgan fingerprint density at radius 3 is 2.52 bits per heavy atom. The van der Waals surface area contributed by atoms with Crippen LogP contribution in [0.25, 0.3) is 0 Å². The molecule has 1 N–H and O–H groups in total. The van der Waals surface area contributed by atoms with Crippen LogP contribution in [0.4, 0.5) is 0 Å². The molecule has 1 aromatic rings. The fourth-order valence-corrected chi connectivity index (χ4v) is 1.93. The number of hydrogen-bond acceptors (Lipinski definition) is 4. The Balaban J connectivity index is 2.88. The molecule has 1 rings (SSSR count). The zero-order valence-electron chi connectivity index (χ0n) is 14.7. The van der Waals surface area contributed by atoms with Gasteiger partial charge in [-0.05, 0) is 66.4 Å². The van der Waals surface area contributed by atoms with Crippen molar-refractivity contribution in [2.45, 2.75) is 53.1 Å². The highest BCUT2D eigenvalue weighted by atomic mass is 16.5. The second-order valence-electron chi connectivity index (χ2n) is 6.54. The number of nitrogens with one attached hydrogen (secondary N) is 1. The van der Waals surface area contributed by atoms with Crippen molar-refractivity contribution >= 4 is 0 Å². The van der Waals surface area contributed by atoms with E-state index in [0.29, 0.717) is 6.61 Å². The Bertz CT molecular complexity index is 456. The van der Waals surface area contributed by atoms with Crippen LogP contribution >= 0.6 is 0 Å². The lowest BCUT2D eigenvalue weighted by Gasteiger charge is -2.32. The topological polar surface area (TPSA) is 37.4 Å². The van der Waals surface area contributed by atoms with Gasteiger partial charge < -0.3 is 15.0 Å². The van der Waals surface area contributed by atoms with E-state index in [9.17, 15) is 0 Å².